The Labute approximate surface area is 233 Å². The molecule has 3 aromatic heterocycles. The van der Waals surface area contributed by atoms with Gasteiger partial charge in [-0.1, -0.05) is 97.1 Å². The van der Waals surface area contributed by atoms with Crippen LogP contribution in [0.3, 0.4) is 0 Å². The molecule has 5 heterocycles. The van der Waals surface area contributed by atoms with E-state index in [0.717, 1.165) is 0 Å². The average Bonchev–Trinajstić information content (AvgIpc) is 3.66. The van der Waals surface area contributed by atoms with Gasteiger partial charge in [0.25, 0.3) is 0 Å². The van der Waals surface area contributed by atoms with Crippen molar-refractivity contribution >= 4 is 92.9 Å². The second-order valence-corrected chi connectivity index (χ2v) is 12.3. The van der Waals surface area contributed by atoms with Gasteiger partial charge < -0.3 is 9.05 Å². The number of hydrogen-bond donors (Lipinski definition) is 0. The molecule has 0 fully saturated rings. The monoisotopic (exact) mass is 522 g/mol. The Bertz CT molecular complexity index is 2610. The number of para-hydroxylation sites is 3. The number of benzene rings is 6. The molecule has 0 bridgehead atoms. The summed E-state index contributed by atoms with van der Waals surface area (Å²) in [6, 6.07) is 43.3. The number of thiophene rings is 1. The predicted octanol–water partition coefficient (Wildman–Crippen LogP) is 8.21. The van der Waals surface area contributed by atoms with E-state index in [-0.39, 0.29) is 6.85 Å². The molecule has 0 N–H and O–H groups in total. The lowest BCUT2D eigenvalue weighted by Crippen LogP contribution is -2.55. The first kappa shape index (κ1) is 20.2. The van der Waals surface area contributed by atoms with E-state index in [9.17, 15) is 0 Å². The minimum absolute atomic E-state index is 0.127. The molecule has 11 rings (SSSR count). The molecule has 4 heteroatoms. The Kier molecular flexibility index (Phi) is 3.36. The van der Waals surface area contributed by atoms with Crippen LogP contribution < -0.4 is 10.9 Å². The smallest absolute Gasteiger partial charge is 0.333 e. The van der Waals surface area contributed by atoms with Crippen LogP contribution in [0.5, 0.6) is 0 Å². The van der Waals surface area contributed by atoms with E-state index in [1.807, 2.05) is 11.3 Å². The van der Waals surface area contributed by atoms with Crippen LogP contribution in [0.4, 0.5) is 0 Å². The second-order valence-electron chi connectivity index (χ2n) is 11.2. The number of hydrogen-bond acceptors (Lipinski definition) is 1. The van der Waals surface area contributed by atoms with E-state index in [1.54, 1.807) is 0 Å². The van der Waals surface area contributed by atoms with E-state index >= 15 is 0 Å². The number of fused-ring (bicyclic) bond motifs is 14. The standard InChI is InChI=1S/C36H19BN2S/c1-3-15-29-20(8-1)23-11-5-12-24-22-10-7-16-30-32(22)37(39(29)33(23)24)28-14-6-13-25-26-18-19-27-21-9-2-4-17-31(21)40-36(27)35(26)38(30)34(25)28/h1-19H. The molecular weight excluding hydrogens is 503 g/mol. The lowest BCUT2D eigenvalue weighted by molar-refractivity contribution is 1.18. The van der Waals surface area contributed by atoms with E-state index < -0.39 is 0 Å². The summed E-state index contributed by atoms with van der Waals surface area (Å²) in [7, 11) is 0. The molecule has 2 aliphatic heterocycles. The summed E-state index contributed by atoms with van der Waals surface area (Å²) in [4.78, 5) is 0. The highest BCUT2D eigenvalue weighted by molar-refractivity contribution is 7.26. The fourth-order valence-corrected chi connectivity index (χ4v) is 9.29. The van der Waals surface area contributed by atoms with Gasteiger partial charge in [0.2, 0.25) is 0 Å². The van der Waals surface area contributed by atoms with E-state index in [2.05, 4.69) is 124 Å². The average molecular weight is 522 g/mol. The molecule has 0 radical (unpaired) electrons. The summed E-state index contributed by atoms with van der Waals surface area (Å²) in [5.74, 6) is 0. The number of aromatic nitrogens is 2. The van der Waals surface area contributed by atoms with E-state index in [0.29, 0.717) is 0 Å². The second kappa shape index (κ2) is 6.67. The van der Waals surface area contributed by atoms with Gasteiger partial charge in [-0.25, -0.2) is 0 Å². The van der Waals surface area contributed by atoms with Gasteiger partial charge in [-0.05, 0) is 34.7 Å². The fraction of sp³-hybridized carbons (Fsp3) is 0. The van der Waals surface area contributed by atoms with Crippen LogP contribution in [0.25, 0.3) is 80.6 Å². The lowest BCUT2D eigenvalue weighted by Gasteiger charge is -2.33. The van der Waals surface area contributed by atoms with Crippen LogP contribution >= 0.6 is 11.3 Å². The minimum atomic E-state index is 0.127. The molecule has 40 heavy (non-hydrogen) atoms. The molecule has 0 amide bonds. The summed E-state index contributed by atoms with van der Waals surface area (Å²) < 4.78 is 7.96. The molecule has 182 valence electrons. The predicted molar refractivity (Wildman–Crippen MR) is 173 cm³/mol. The summed E-state index contributed by atoms with van der Waals surface area (Å²) >= 11 is 1.93. The SMILES string of the molecule is c1cc2c3c(c1)-n1c4c(cccc4c4ccc5c6ccccc6sc5c41)B3n1c3ccccc3c3cccc-2c31. The van der Waals surface area contributed by atoms with Crippen LogP contribution in [0, 0.1) is 0 Å². The zero-order valence-corrected chi connectivity index (χ0v) is 22.2. The highest BCUT2D eigenvalue weighted by Gasteiger charge is 2.41. The highest BCUT2D eigenvalue weighted by Crippen LogP contribution is 2.46. The topological polar surface area (TPSA) is 9.86 Å². The normalized spacial score (nSPS) is 13.4. The van der Waals surface area contributed by atoms with Crippen LogP contribution in [-0.2, 0) is 0 Å². The van der Waals surface area contributed by atoms with Crippen LogP contribution in [0.15, 0.2) is 115 Å². The first-order valence-electron chi connectivity index (χ1n) is 13.9. The van der Waals surface area contributed by atoms with Gasteiger partial charge in [-0.15, -0.1) is 11.3 Å². The van der Waals surface area contributed by atoms with Gasteiger partial charge >= 0.3 is 6.85 Å². The van der Waals surface area contributed by atoms with Crippen LogP contribution in [0.2, 0.25) is 0 Å². The third-order valence-corrected chi connectivity index (χ3v) is 10.7. The van der Waals surface area contributed by atoms with Crippen molar-refractivity contribution in [1.29, 1.82) is 0 Å². The van der Waals surface area contributed by atoms with Crippen molar-refractivity contribution in [2.24, 2.45) is 0 Å². The summed E-state index contributed by atoms with van der Waals surface area (Å²) in [5, 5.41) is 8.06. The first-order chi connectivity index (χ1) is 19.9. The number of rotatable bonds is 0. The molecule has 9 aromatic rings. The van der Waals surface area contributed by atoms with Gasteiger partial charge in [-0.2, -0.15) is 0 Å². The van der Waals surface area contributed by atoms with Gasteiger partial charge in [-0.3, -0.25) is 0 Å². The van der Waals surface area contributed by atoms with Gasteiger partial charge in [0, 0.05) is 59.3 Å². The zero-order valence-electron chi connectivity index (χ0n) is 21.3. The van der Waals surface area contributed by atoms with Gasteiger partial charge in [0.1, 0.15) is 0 Å². The van der Waals surface area contributed by atoms with E-state index in [4.69, 9.17) is 0 Å². The third kappa shape index (κ3) is 2.10. The first-order valence-corrected chi connectivity index (χ1v) is 14.7. The van der Waals surface area contributed by atoms with Crippen molar-refractivity contribution in [3.05, 3.63) is 115 Å². The quantitative estimate of drug-likeness (QED) is 0.178. The molecular formula is C36H19BN2S. The van der Waals surface area contributed by atoms with Crippen molar-refractivity contribution in [1.82, 2.24) is 9.05 Å². The molecule has 0 saturated heterocycles. The minimum Gasteiger partial charge on any atom is -0.375 e. The zero-order chi connectivity index (χ0) is 25.7. The summed E-state index contributed by atoms with van der Waals surface area (Å²) in [5.41, 5.74) is 12.2. The van der Waals surface area contributed by atoms with Crippen molar-refractivity contribution in [3.63, 3.8) is 0 Å². The maximum atomic E-state index is 2.64. The molecule has 0 atom stereocenters. The maximum absolute atomic E-state index is 2.64. The van der Waals surface area contributed by atoms with Crippen LogP contribution in [0.1, 0.15) is 0 Å². The molecule has 2 aliphatic rings. The van der Waals surface area contributed by atoms with Crippen molar-refractivity contribution < 1.29 is 0 Å². The molecule has 6 aromatic carbocycles. The maximum Gasteiger partial charge on any atom is 0.333 e. The van der Waals surface area contributed by atoms with Crippen molar-refractivity contribution in [2.45, 2.75) is 0 Å². The lowest BCUT2D eigenvalue weighted by atomic mass is 9.45. The Hall–Kier alpha value is -4.80. The Morgan fingerprint density at radius 3 is 2.15 bits per heavy atom. The van der Waals surface area contributed by atoms with E-state index in [1.165, 1.54) is 91.5 Å². The Morgan fingerprint density at radius 1 is 0.500 bits per heavy atom. The van der Waals surface area contributed by atoms with Gasteiger partial charge in [0.15, 0.2) is 0 Å². The van der Waals surface area contributed by atoms with Gasteiger partial charge in [0.05, 0.1) is 15.7 Å². The Balaban J connectivity index is 1.41. The number of nitrogens with zero attached hydrogens (tertiary/aromatic N) is 2. The molecule has 2 nitrogen and oxygen atoms in total. The van der Waals surface area contributed by atoms with Crippen molar-refractivity contribution in [2.75, 3.05) is 0 Å². The molecule has 0 aliphatic carbocycles. The summed E-state index contributed by atoms with van der Waals surface area (Å²) in [6.07, 6.45) is 0. The highest BCUT2D eigenvalue weighted by atomic mass is 32.1. The largest absolute Gasteiger partial charge is 0.375 e. The molecule has 0 spiro atoms. The third-order valence-electron chi connectivity index (χ3n) is 9.50. The van der Waals surface area contributed by atoms with Crippen LogP contribution in [-0.4, -0.2) is 15.9 Å². The molecule has 0 saturated carbocycles. The van der Waals surface area contributed by atoms with Crippen molar-refractivity contribution in [3.8, 4) is 16.8 Å². The summed E-state index contributed by atoms with van der Waals surface area (Å²) in [6.45, 7) is 0.127. The fourth-order valence-electron chi connectivity index (χ4n) is 8.05. The molecule has 0 unspecified atom stereocenters. The Morgan fingerprint density at radius 2 is 1.20 bits per heavy atom.